The van der Waals surface area contributed by atoms with Crippen LogP contribution in [0.3, 0.4) is 0 Å². The average molecular weight is 138 g/mol. The molecule has 0 aromatic carbocycles. The second-order valence-corrected chi connectivity index (χ2v) is 2.70. The van der Waals surface area contributed by atoms with Crippen LogP contribution in [-0.2, 0) is 9.59 Å². The number of carbonyl (C=O) groups excluding carboxylic acids is 2. The van der Waals surface area contributed by atoms with Crippen LogP contribution in [0.15, 0.2) is 12.2 Å². The predicted octanol–water partition coefficient (Wildman–Crippen LogP) is 1.11. The zero-order valence-corrected chi connectivity index (χ0v) is 5.96. The van der Waals surface area contributed by atoms with Crippen molar-refractivity contribution in [1.82, 2.24) is 0 Å². The first-order valence-electron chi connectivity index (χ1n) is 3.39. The highest BCUT2D eigenvalue weighted by Crippen LogP contribution is 2.17. The van der Waals surface area contributed by atoms with Gasteiger partial charge in [-0.05, 0) is 18.9 Å². The molecule has 2 heteroatoms. The normalized spacial score (nSPS) is 23.7. The van der Waals surface area contributed by atoms with Crippen LogP contribution in [0.4, 0.5) is 0 Å². The molecular weight excluding hydrogens is 128 g/mol. The van der Waals surface area contributed by atoms with Crippen LogP contribution in [0.2, 0.25) is 0 Å². The standard InChI is InChI=1S/C8H10O2/c1-6(9)4-7-2-3-8(10)5-7/h2-3,7H,4-5H2,1H3. The molecule has 2 nitrogen and oxygen atoms in total. The van der Waals surface area contributed by atoms with Crippen LogP contribution >= 0.6 is 0 Å². The van der Waals surface area contributed by atoms with Crippen molar-refractivity contribution in [3.8, 4) is 0 Å². The van der Waals surface area contributed by atoms with Gasteiger partial charge in [-0.1, -0.05) is 6.08 Å². The Kier molecular flexibility index (Phi) is 2.00. The van der Waals surface area contributed by atoms with E-state index in [1.165, 1.54) is 0 Å². The summed E-state index contributed by atoms with van der Waals surface area (Å²) in [6.07, 6.45) is 4.43. The zero-order chi connectivity index (χ0) is 7.56. The molecule has 0 N–H and O–H groups in total. The van der Waals surface area contributed by atoms with Crippen LogP contribution in [0.5, 0.6) is 0 Å². The van der Waals surface area contributed by atoms with Gasteiger partial charge in [0.25, 0.3) is 0 Å². The number of Topliss-reactive ketones (excluding diaryl/α,β-unsaturated/α-hetero) is 1. The van der Waals surface area contributed by atoms with Crippen LogP contribution in [0.25, 0.3) is 0 Å². The Hall–Kier alpha value is -0.920. The molecule has 1 aliphatic carbocycles. The molecule has 0 bridgehead atoms. The lowest BCUT2D eigenvalue weighted by Crippen LogP contribution is -2.01. The molecule has 1 aliphatic rings. The minimum atomic E-state index is 0.145. The van der Waals surface area contributed by atoms with Gasteiger partial charge < -0.3 is 4.79 Å². The summed E-state index contributed by atoms with van der Waals surface area (Å²) in [5.74, 6) is 0.487. The molecule has 0 fully saturated rings. The maximum Gasteiger partial charge on any atom is 0.155 e. The molecule has 0 aromatic rings. The first kappa shape index (κ1) is 7.19. The van der Waals surface area contributed by atoms with E-state index < -0.39 is 0 Å². The van der Waals surface area contributed by atoms with Gasteiger partial charge >= 0.3 is 0 Å². The Balaban J connectivity index is 2.40. The van der Waals surface area contributed by atoms with Crippen LogP contribution in [0.1, 0.15) is 19.8 Å². The number of carbonyl (C=O) groups is 2. The zero-order valence-electron chi connectivity index (χ0n) is 5.96. The van der Waals surface area contributed by atoms with Crippen molar-refractivity contribution in [1.29, 1.82) is 0 Å². The Morgan fingerprint density at radius 1 is 1.80 bits per heavy atom. The third-order valence-electron chi connectivity index (χ3n) is 1.57. The van der Waals surface area contributed by atoms with Gasteiger partial charge in [0.1, 0.15) is 5.78 Å². The molecule has 0 saturated carbocycles. The van der Waals surface area contributed by atoms with Gasteiger partial charge in [-0.15, -0.1) is 0 Å². The third-order valence-corrected chi connectivity index (χ3v) is 1.57. The molecule has 1 atom stereocenters. The predicted molar refractivity (Wildman–Crippen MR) is 37.6 cm³/mol. The molecule has 10 heavy (non-hydrogen) atoms. The van der Waals surface area contributed by atoms with E-state index in [1.54, 1.807) is 13.0 Å². The Bertz CT molecular complexity index is 191. The maximum atomic E-state index is 10.6. The Morgan fingerprint density at radius 2 is 2.50 bits per heavy atom. The van der Waals surface area contributed by atoms with Crippen molar-refractivity contribution in [3.63, 3.8) is 0 Å². The van der Waals surface area contributed by atoms with Crippen molar-refractivity contribution >= 4 is 11.6 Å². The Labute approximate surface area is 59.9 Å². The summed E-state index contributed by atoms with van der Waals surface area (Å²) in [4.78, 5) is 21.2. The summed E-state index contributed by atoms with van der Waals surface area (Å²) in [5.41, 5.74) is 0. The number of hydrogen-bond donors (Lipinski definition) is 0. The summed E-state index contributed by atoms with van der Waals surface area (Å²) in [6, 6.07) is 0. The van der Waals surface area contributed by atoms with Crippen LogP contribution < -0.4 is 0 Å². The molecule has 0 saturated heterocycles. The molecule has 0 radical (unpaired) electrons. The quantitative estimate of drug-likeness (QED) is 0.572. The minimum absolute atomic E-state index is 0.145. The molecule has 0 aromatic heterocycles. The number of ketones is 2. The van der Waals surface area contributed by atoms with Gasteiger partial charge in [-0.25, -0.2) is 0 Å². The minimum Gasteiger partial charge on any atom is -0.300 e. The van der Waals surface area contributed by atoms with E-state index in [2.05, 4.69) is 0 Å². The monoisotopic (exact) mass is 138 g/mol. The SMILES string of the molecule is CC(=O)CC1C=CC(=O)C1. The second kappa shape index (κ2) is 2.78. The molecular formula is C8H10O2. The van der Waals surface area contributed by atoms with Gasteiger partial charge in [0.05, 0.1) is 0 Å². The third kappa shape index (κ3) is 1.79. The lowest BCUT2D eigenvalue weighted by Gasteiger charge is -2.00. The molecule has 54 valence electrons. The van der Waals surface area contributed by atoms with E-state index in [-0.39, 0.29) is 17.5 Å². The molecule has 0 heterocycles. The highest BCUT2D eigenvalue weighted by Gasteiger charge is 2.16. The fourth-order valence-electron chi connectivity index (χ4n) is 1.15. The number of rotatable bonds is 2. The van der Waals surface area contributed by atoms with Crippen molar-refractivity contribution in [2.75, 3.05) is 0 Å². The smallest absolute Gasteiger partial charge is 0.155 e. The van der Waals surface area contributed by atoms with Crippen molar-refractivity contribution in [2.24, 2.45) is 5.92 Å². The van der Waals surface area contributed by atoms with E-state index in [1.807, 2.05) is 6.08 Å². The summed E-state index contributed by atoms with van der Waals surface area (Å²) in [6.45, 7) is 1.55. The first-order chi connectivity index (χ1) is 4.68. The average Bonchev–Trinajstić information content (AvgIpc) is 2.13. The largest absolute Gasteiger partial charge is 0.300 e. The Morgan fingerprint density at radius 3 is 2.90 bits per heavy atom. The van der Waals surface area contributed by atoms with Gasteiger partial charge in [0.2, 0.25) is 0 Å². The van der Waals surface area contributed by atoms with Gasteiger partial charge in [0, 0.05) is 12.8 Å². The lowest BCUT2D eigenvalue weighted by atomic mass is 10.0. The highest BCUT2D eigenvalue weighted by molar-refractivity contribution is 5.93. The van der Waals surface area contributed by atoms with Gasteiger partial charge in [0.15, 0.2) is 5.78 Å². The van der Waals surface area contributed by atoms with Gasteiger partial charge in [-0.3, -0.25) is 4.79 Å². The number of hydrogen-bond acceptors (Lipinski definition) is 2. The van der Waals surface area contributed by atoms with E-state index in [0.717, 1.165) is 0 Å². The maximum absolute atomic E-state index is 10.6. The van der Waals surface area contributed by atoms with E-state index in [4.69, 9.17) is 0 Å². The summed E-state index contributed by atoms with van der Waals surface area (Å²) in [5, 5.41) is 0. The highest BCUT2D eigenvalue weighted by atomic mass is 16.1. The van der Waals surface area contributed by atoms with Crippen LogP contribution in [-0.4, -0.2) is 11.6 Å². The first-order valence-corrected chi connectivity index (χ1v) is 3.39. The van der Waals surface area contributed by atoms with Crippen molar-refractivity contribution in [2.45, 2.75) is 19.8 Å². The van der Waals surface area contributed by atoms with Crippen molar-refractivity contribution < 1.29 is 9.59 Å². The summed E-state index contributed by atoms with van der Waals surface area (Å²) in [7, 11) is 0. The second-order valence-electron chi connectivity index (χ2n) is 2.70. The lowest BCUT2D eigenvalue weighted by molar-refractivity contribution is -0.117. The molecule has 1 rings (SSSR count). The van der Waals surface area contributed by atoms with E-state index in [0.29, 0.717) is 12.8 Å². The van der Waals surface area contributed by atoms with Crippen LogP contribution in [0, 0.1) is 5.92 Å². The summed E-state index contributed by atoms with van der Waals surface area (Å²) >= 11 is 0. The van der Waals surface area contributed by atoms with E-state index >= 15 is 0 Å². The van der Waals surface area contributed by atoms with Gasteiger partial charge in [-0.2, -0.15) is 0 Å². The van der Waals surface area contributed by atoms with Crippen molar-refractivity contribution in [3.05, 3.63) is 12.2 Å². The summed E-state index contributed by atoms with van der Waals surface area (Å²) < 4.78 is 0. The topological polar surface area (TPSA) is 34.1 Å². The fourth-order valence-corrected chi connectivity index (χ4v) is 1.15. The molecule has 0 aliphatic heterocycles. The molecule has 0 spiro atoms. The number of allylic oxidation sites excluding steroid dienone is 2. The molecule has 0 amide bonds. The fraction of sp³-hybridized carbons (Fsp3) is 0.500. The molecule has 1 unspecified atom stereocenters. The van der Waals surface area contributed by atoms with E-state index in [9.17, 15) is 9.59 Å².